The number of nitrogens with zero attached hydrogens (tertiary/aromatic N) is 8. The van der Waals surface area contributed by atoms with Crippen LogP contribution in [0.3, 0.4) is 0 Å². The molecule has 0 aliphatic carbocycles. The number of phenolic OH excluding ortho intramolecular Hbond substituents is 1. The van der Waals surface area contributed by atoms with E-state index in [1.54, 1.807) is 0 Å². The van der Waals surface area contributed by atoms with Gasteiger partial charge in [0.25, 0.3) is 36.3 Å². The minimum absolute atomic E-state index is 0.0685. The summed E-state index contributed by atoms with van der Waals surface area (Å²) in [4.78, 5) is 23.1. The van der Waals surface area contributed by atoms with Crippen molar-refractivity contribution in [1.29, 1.82) is 0 Å². The Kier molecular flexibility index (Phi) is 14.1. The van der Waals surface area contributed by atoms with E-state index >= 15 is 0 Å². The molecule has 1 atom stereocenters. The van der Waals surface area contributed by atoms with Gasteiger partial charge in [0.15, 0.2) is 11.5 Å². The number of carbonyl (C=O) groups is 2. The Morgan fingerprint density at radius 1 is 0.712 bits per heavy atom. The first-order valence-corrected chi connectivity index (χ1v) is 22.5. The molecule has 1 aliphatic rings. The molecule has 6 rings (SSSR count). The van der Waals surface area contributed by atoms with Crippen molar-refractivity contribution in [3.8, 4) is 23.0 Å². The number of aliphatic carboxylic acids is 1. The lowest BCUT2D eigenvalue weighted by Crippen LogP contribution is -2.33. The van der Waals surface area contributed by atoms with Crippen LogP contribution in [0.1, 0.15) is 0 Å². The zero-order chi connectivity index (χ0) is 48.1. The second kappa shape index (κ2) is 19.4. The third-order valence-corrected chi connectivity index (χ3v) is 11.4. The highest BCUT2D eigenvalue weighted by Gasteiger charge is 2.41. The summed E-state index contributed by atoms with van der Waals surface area (Å²) >= 11 is 0. The van der Waals surface area contributed by atoms with E-state index in [1.165, 1.54) is 31.4 Å². The number of hydrogen-bond acceptors (Lipinski definition) is 21. The number of aliphatic hydroxyl groups is 2. The molecule has 0 aromatic heterocycles. The third-order valence-electron chi connectivity index (χ3n) is 8.82. The van der Waals surface area contributed by atoms with Crippen LogP contribution >= 0.6 is 0 Å². The van der Waals surface area contributed by atoms with Crippen molar-refractivity contribution >= 4 is 92.8 Å². The van der Waals surface area contributed by atoms with Crippen LogP contribution < -0.4 is 19.2 Å². The van der Waals surface area contributed by atoms with E-state index in [2.05, 4.69) is 35.8 Å². The molecule has 26 nitrogen and oxygen atoms in total. The van der Waals surface area contributed by atoms with Gasteiger partial charge in [0.05, 0.1) is 36.6 Å². The van der Waals surface area contributed by atoms with Gasteiger partial charge in [-0.25, -0.2) is 4.79 Å². The molecule has 29 heteroatoms. The monoisotopic (exact) mass is 972 g/mol. The molecule has 0 saturated carbocycles. The quantitative estimate of drug-likeness (QED) is 0.0457. The Morgan fingerprint density at radius 2 is 1.30 bits per heavy atom. The first-order chi connectivity index (χ1) is 31.1. The summed E-state index contributed by atoms with van der Waals surface area (Å²) in [5, 5.41) is 67.8. The van der Waals surface area contributed by atoms with Crippen molar-refractivity contribution in [2.75, 3.05) is 38.5 Å². The summed E-state index contributed by atoms with van der Waals surface area (Å²) in [6, 6.07) is 12.5. The molecule has 1 amide bonds. The number of amides is 1. The summed E-state index contributed by atoms with van der Waals surface area (Å²) in [5.74, 6) is -3.86. The van der Waals surface area contributed by atoms with E-state index in [-0.39, 0.29) is 69.7 Å². The molecular weight excluding hydrogens is 941 g/mol. The van der Waals surface area contributed by atoms with Crippen LogP contribution in [-0.2, 0) is 39.9 Å². The van der Waals surface area contributed by atoms with Gasteiger partial charge in [-0.05, 0) is 66.0 Å². The molecule has 5 aromatic carbocycles. The van der Waals surface area contributed by atoms with Gasteiger partial charge in [0.2, 0.25) is 6.04 Å². The molecule has 1 unspecified atom stereocenters. The van der Waals surface area contributed by atoms with Crippen LogP contribution in [0, 0.1) is 0 Å². The summed E-state index contributed by atoms with van der Waals surface area (Å²) in [5.41, 5.74) is -2.56. The molecule has 0 fully saturated rings. The Morgan fingerprint density at radius 3 is 1.85 bits per heavy atom. The lowest BCUT2D eigenvalue weighted by atomic mass is 10.1. The van der Waals surface area contributed by atoms with E-state index in [0.717, 1.165) is 54.6 Å². The Labute approximate surface area is 371 Å². The number of aliphatic hydroxyl groups excluding tert-OH is 2. The molecule has 1 aliphatic heterocycles. The highest BCUT2D eigenvalue weighted by atomic mass is 32.2. The maximum Gasteiger partial charge on any atom is 0.355 e. The molecule has 7 N–H and O–H groups in total. The zero-order valence-corrected chi connectivity index (χ0v) is 35.8. The molecule has 66 heavy (non-hydrogen) atoms. The predicted molar refractivity (Wildman–Crippen MR) is 225 cm³/mol. The number of fused-ring (bicyclic) bond motifs is 1. The predicted octanol–water partition coefficient (Wildman–Crippen LogP) is 4.81. The Bertz CT molecular complexity index is 3220. The van der Waals surface area contributed by atoms with E-state index in [1.807, 2.05) is 0 Å². The zero-order valence-electron chi connectivity index (χ0n) is 33.3. The lowest BCUT2D eigenvalue weighted by Gasteiger charge is -2.13. The fourth-order valence-electron chi connectivity index (χ4n) is 5.83. The van der Waals surface area contributed by atoms with Crippen molar-refractivity contribution in [2.24, 2.45) is 35.8 Å². The maximum absolute atomic E-state index is 13.2. The Balaban J connectivity index is 1.36. The number of carboxylic acid groups (broad SMARTS) is 1. The highest BCUT2D eigenvalue weighted by Crippen LogP contribution is 2.45. The van der Waals surface area contributed by atoms with Crippen molar-refractivity contribution in [3.05, 3.63) is 78.9 Å². The number of phenols is 1. The lowest BCUT2D eigenvalue weighted by molar-refractivity contribution is -0.130. The van der Waals surface area contributed by atoms with E-state index < -0.39 is 93.3 Å². The molecule has 0 spiro atoms. The summed E-state index contributed by atoms with van der Waals surface area (Å²) < 4.78 is 118. The van der Waals surface area contributed by atoms with Crippen molar-refractivity contribution < 1.29 is 83.1 Å². The fraction of sp³-hybridized carbons (Fsp3) is 0.162. The number of aromatic hydroxyl groups is 1. The van der Waals surface area contributed by atoms with Crippen molar-refractivity contribution in [1.82, 2.24) is 0 Å². The Hall–Kier alpha value is -7.38. The topological polar surface area (TPSA) is 396 Å². The van der Waals surface area contributed by atoms with Crippen LogP contribution in [0.2, 0.25) is 0 Å². The summed E-state index contributed by atoms with van der Waals surface area (Å²) in [6.45, 7) is -1.74. The van der Waals surface area contributed by atoms with Gasteiger partial charge in [-0.1, -0.05) is 0 Å². The molecule has 0 saturated heterocycles. The molecule has 0 bridgehead atoms. The smallest absolute Gasteiger partial charge is 0.355 e. The SMILES string of the molecule is COc1ccc(N=Nc2cc(OCCO)c(N=Nc3c(S(=O)(=O)O)cc4cc(/N=N/C5C(=O)N(c6ccc(S(=O)(=O)O)cc6)N=C5C(=O)O)ccc4c3O)cc2OCCO)c(S(=O)(=O)O)c1. The minimum atomic E-state index is -5.22. The van der Waals surface area contributed by atoms with Crippen molar-refractivity contribution in [2.45, 2.75) is 20.7 Å². The first kappa shape index (κ1) is 48.1. The van der Waals surface area contributed by atoms with Gasteiger partial charge < -0.3 is 34.6 Å². The number of carbonyl (C=O) groups excluding carboxylic acids is 1. The summed E-state index contributed by atoms with van der Waals surface area (Å²) in [6.07, 6.45) is 0. The standard InChI is InChI=1S/C37H32N8O18S3/c1-61-22-5-9-25(30(16-22)65(55,56)57)39-40-26-17-29(63-13-11-47)27(18-28(26)62-12-10-46)41-42-32-31(66(58,59)60)15-19-14-20(2-8-24(19)35(32)48)38-43-33-34(37(50)51)44-45(36(33)49)21-3-6-23(7-4-21)64(52,53)54/h2-9,14-18,33,46-48H,10-13H2,1H3,(H,50,51)(H,52,53,54)(H,55,56,57)(H,58,59,60)/b40-39?,42-41?,43-38+. The van der Waals surface area contributed by atoms with Crippen LogP contribution in [0.4, 0.5) is 34.1 Å². The second-order valence-corrected chi connectivity index (χ2v) is 17.3. The number of methoxy groups -OCH3 is 1. The molecule has 0 radical (unpaired) electrons. The van der Waals surface area contributed by atoms with E-state index in [4.69, 9.17) is 14.2 Å². The second-order valence-electron chi connectivity index (χ2n) is 13.1. The summed E-state index contributed by atoms with van der Waals surface area (Å²) in [7, 11) is -13.4. The number of benzene rings is 5. The van der Waals surface area contributed by atoms with Gasteiger partial charge in [0.1, 0.15) is 63.0 Å². The number of hydrogen-bond donors (Lipinski definition) is 7. The molecule has 1 heterocycles. The first-order valence-electron chi connectivity index (χ1n) is 18.2. The minimum Gasteiger partial charge on any atom is -0.505 e. The van der Waals surface area contributed by atoms with E-state index in [0.29, 0.717) is 5.01 Å². The van der Waals surface area contributed by atoms with E-state index in [9.17, 15) is 68.9 Å². The number of carboxylic acids is 1. The normalized spacial score (nSPS) is 14.8. The van der Waals surface area contributed by atoms with Crippen LogP contribution in [0.15, 0.2) is 129 Å². The molecular formula is C37H32N8O18S3. The van der Waals surface area contributed by atoms with Crippen LogP contribution in [-0.4, -0.2) is 117 Å². The number of azo groups is 3. The number of ether oxygens (including phenoxy) is 3. The van der Waals surface area contributed by atoms with Crippen molar-refractivity contribution in [3.63, 3.8) is 0 Å². The van der Waals surface area contributed by atoms with Gasteiger partial charge in [-0.2, -0.15) is 45.6 Å². The number of anilines is 1. The maximum atomic E-state index is 13.2. The fourth-order valence-corrected chi connectivity index (χ4v) is 7.61. The average molecular weight is 973 g/mol. The number of rotatable bonds is 18. The largest absolute Gasteiger partial charge is 0.505 e. The third kappa shape index (κ3) is 10.8. The molecule has 346 valence electrons. The van der Waals surface area contributed by atoms with Crippen LogP contribution in [0.25, 0.3) is 10.8 Å². The average Bonchev–Trinajstić information content (AvgIpc) is 3.60. The number of hydrazone groups is 1. The van der Waals surface area contributed by atoms with Gasteiger partial charge in [-0.3, -0.25) is 18.5 Å². The highest BCUT2D eigenvalue weighted by molar-refractivity contribution is 7.86. The van der Waals surface area contributed by atoms with Crippen LogP contribution in [0.5, 0.6) is 23.0 Å². The van der Waals surface area contributed by atoms with Gasteiger partial charge in [0, 0.05) is 23.6 Å². The molecule has 5 aromatic rings. The van der Waals surface area contributed by atoms with Gasteiger partial charge >= 0.3 is 5.97 Å². The van der Waals surface area contributed by atoms with Gasteiger partial charge in [-0.15, -0.1) is 20.5 Å².